The van der Waals surface area contributed by atoms with Crippen LogP contribution in [-0.2, 0) is 9.53 Å². The van der Waals surface area contributed by atoms with Gasteiger partial charge in [0, 0.05) is 17.7 Å². The zero-order chi connectivity index (χ0) is 17.2. The van der Waals surface area contributed by atoms with E-state index >= 15 is 0 Å². The van der Waals surface area contributed by atoms with Gasteiger partial charge in [0.2, 0.25) is 0 Å². The number of unbranched alkanes of at least 4 members (excludes halogenated alkanes) is 2. The maximum absolute atomic E-state index is 12.1. The maximum atomic E-state index is 12.1. The molecule has 4 heteroatoms. The van der Waals surface area contributed by atoms with Gasteiger partial charge in [0.1, 0.15) is 5.76 Å². The van der Waals surface area contributed by atoms with E-state index in [0.29, 0.717) is 12.1 Å². The standard InChI is InChI=1S/C19H27NO3/c1-6-7-8-9-14(16-10-19(4,5)18(22)23-16)17-13(3)12(2)15(11-21)20-17/h11,20H,6-10H2,1-5H3/b16-14+. The Morgan fingerprint density at radius 2 is 1.96 bits per heavy atom. The fourth-order valence-corrected chi connectivity index (χ4v) is 3.01. The molecule has 0 radical (unpaired) electrons. The number of allylic oxidation sites excluding steroid dienone is 2. The molecule has 0 aromatic carbocycles. The van der Waals surface area contributed by atoms with E-state index in [1.54, 1.807) is 0 Å². The third-order valence-electron chi connectivity index (χ3n) is 4.76. The van der Waals surface area contributed by atoms with E-state index in [4.69, 9.17) is 4.74 Å². The first kappa shape index (κ1) is 17.5. The second-order valence-corrected chi connectivity index (χ2v) is 7.09. The molecule has 0 saturated carbocycles. The second-order valence-electron chi connectivity index (χ2n) is 7.09. The largest absolute Gasteiger partial charge is 0.430 e. The lowest BCUT2D eigenvalue weighted by Gasteiger charge is -2.11. The molecule has 2 rings (SSSR count). The lowest BCUT2D eigenvalue weighted by molar-refractivity contribution is -0.142. The number of aldehydes is 1. The lowest BCUT2D eigenvalue weighted by atomic mass is 9.89. The van der Waals surface area contributed by atoms with Crippen molar-refractivity contribution >= 4 is 17.8 Å². The fourth-order valence-electron chi connectivity index (χ4n) is 3.01. The van der Waals surface area contributed by atoms with Crippen LogP contribution in [0.5, 0.6) is 0 Å². The first-order valence-corrected chi connectivity index (χ1v) is 8.40. The third-order valence-corrected chi connectivity index (χ3v) is 4.76. The molecule has 0 amide bonds. The predicted octanol–water partition coefficient (Wildman–Crippen LogP) is 4.71. The van der Waals surface area contributed by atoms with Crippen molar-refractivity contribution in [3.63, 3.8) is 0 Å². The van der Waals surface area contributed by atoms with Crippen LogP contribution in [-0.4, -0.2) is 17.2 Å². The van der Waals surface area contributed by atoms with Crippen molar-refractivity contribution in [1.29, 1.82) is 0 Å². The number of aromatic nitrogens is 1. The SMILES string of the molecule is CCCCC/C(=C1/CC(C)(C)C(=O)O1)c1[nH]c(C=O)c(C)c1C. The van der Waals surface area contributed by atoms with Gasteiger partial charge < -0.3 is 9.72 Å². The molecular weight excluding hydrogens is 290 g/mol. The summed E-state index contributed by atoms with van der Waals surface area (Å²) in [5, 5.41) is 0. The molecule has 1 fully saturated rings. The lowest BCUT2D eigenvalue weighted by Crippen LogP contribution is -2.16. The van der Waals surface area contributed by atoms with E-state index in [2.05, 4.69) is 11.9 Å². The molecule has 1 N–H and O–H groups in total. The first-order chi connectivity index (χ1) is 10.8. The summed E-state index contributed by atoms with van der Waals surface area (Å²) >= 11 is 0. The van der Waals surface area contributed by atoms with Crippen LogP contribution in [0.3, 0.4) is 0 Å². The van der Waals surface area contributed by atoms with Gasteiger partial charge in [-0.05, 0) is 51.7 Å². The highest BCUT2D eigenvalue weighted by molar-refractivity contribution is 5.85. The molecule has 0 unspecified atom stereocenters. The van der Waals surface area contributed by atoms with Crippen molar-refractivity contribution in [1.82, 2.24) is 4.98 Å². The molecule has 1 aliphatic rings. The van der Waals surface area contributed by atoms with Gasteiger partial charge in [-0.15, -0.1) is 0 Å². The van der Waals surface area contributed by atoms with Crippen molar-refractivity contribution in [2.75, 3.05) is 0 Å². The number of aromatic amines is 1. The van der Waals surface area contributed by atoms with Gasteiger partial charge in [0.05, 0.1) is 11.1 Å². The van der Waals surface area contributed by atoms with E-state index in [-0.39, 0.29) is 5.97 Å². The Bertz CT molecular complexity index is 650. The smallest absolute Gasteiger partial charge is 0.317 e. The molecule has 1 aromatic heterocycles. The third kappa shape index (κ3) is 3.41. The molecule has 23 heavy (non-hydrogen) atoms. The van der Waals surface area contributed by atoms with Gasteiger partial charge in [-0.25, -0.2) is 0 Å². The van der Waals surface area contributed by atoms with E-state index in [1.807, 2.05) is 27.7 Å². The second kappa shape index (κ2) is 6.73. The number of H-pyrrole nitrogens is 1. The van der Waals surface area contributed by atoms with E-state index in [0.717, 1.165) is 60.1 Å². The average molecular weight is 317 g/mol. The summed E-state index contributed by atoms with van der Waals surface area (Å²) in [4.78, 5) is 26.5. The maximum Gasteiger partial charge on any atom is 0.317 e. The summed E-state index contributed by atoms with van der Waals surface area (Å²) in [5.41, 5.74) is 4.15. The highest BCUT2D eigenvalue weighted by atomic mass is 16.5. The average Bonchev–Trinajstić information content (AvgIpc) is 2.93. The predicted molar refractivity (Wildman–Crippen MR) is 91.2 cm³/mol. The van der Waals surface area contributed by atoms with Crippen LogP contribution in [0.15, 0.2) is 5.76 Å². The Hall–Kier alpha value is -1.84. The first-order valence-electron chi connectivity index (χ1n) is 8.40. The van der Waals surface area contributed by atoms with Crippen molar-refractivity contribution in [3.8, 4) is 0 Å². The van der Waals surface area contributed by atoms with Crippen LogP contribution < -0.4 is 0 Å². The zero-order valence-electron chi connectivity index (χ0n) is 14.8. The number of cyclic esters (lactones) is 1. The van der Waals surface area contributed by atoms with Crippen molar-refractivity contribution < 1.29 is 14.3 Å². The minimum atomic E-state index is -0.478. The Morgan fingerprint density at radius 3 is 2.43 bits per heavy atom. The summed E-state index contributed by atoms with van der Waals surface area (Å²) in [5.74, 6) is 0.593. The number of nitrogens with one attached hydrogen (secondary N) is 1. The molecule has 1 aromatic rings. The molecular formula is C19H27NO3. The Kier molecular flexibility index (Phi) is 5.12. The Morgan fingerprint density at radius 1 is 1.26 bits per heavy atom. The number of hydrogen-bond donors (Lipinski definition) is 1. The monoisotopic (exact) mass is 317 g/mol. The molecule has 0 spiro atoms. The van der Waals surface area contributed by atoms with Crippen LogP contribution in [0, 0.1) is 19.3 Å². The molecule has 1 aliphatic heterocycles. The van der Waals surface area contributed by atoms with Crippen LogP contribution in [0.2, 0.25) is 0 Å². The fraction of sp³-hybridized carbons (Fsp3) is 0.579. The van der Waals surface area contributed by atoms with Gasteiger partial charge in [-0.2, -0.15) is 0 Å². The van der Waals surface area contributed by atoms with Crippen LogP contribution in [0.1, 0.15) is 80.2 Å². The molecule has 0 bridgehead atoms. The molecule has 0 aliphatic carbocycles. The summed E-state index contributed by atoms with van der Waals surface area (Å²) < 4.78 is 5.59. The summed E-state index contributed by atoms with van der Waals surface area (Å²) in [6, 6.07) is 0. The normalized spacial score (nSPS) is 18.9. The number of carbonyl (C=O) groups is 2. The van der Waals surface area contributed by atoms with Gasteiger partial charge in [0.15, 0.2) is 6.29 Å². The van der Waals surface area contributed by atoms with Gasteiger partial charge in [-0.1, -0.05) is 19.8 Å². The van der Waals surface area contributed by atoms with Crippen LogP contribution in [0.25, 0.3) is 5.57 Å². The number of hydrogen-bond acceptors (Lipinski definition) is 3. The van der Waals surface area contributed by atoms with E-state index < -0.39 is 5.41 Å². The highest BCUT2D eigenvalue weighted by Gasteiger charge is 2.40. The topological polar surface area (TPSA) is 59.2 Å². The zero-order valence-corrected chi connectivity index (χ0v) is 14.8. The van der Waals surface area contributed by atoms with E-state index in [9.17, 15) is 9.59 Å². The van der Waals surface area contributed by atoms with Crippen LogP contribution in [0.4, 0.5) is 0 Å². The molecule has 0 atom stereocenters. The van der Waals surface area contributed by atoms with Crippen molar-refractivity contribution in [3.05, 3.63) is 28.3 Å². The molecule has 1 saturated heterocycles. The minimum absolute atomic E-state index is 0.169. The van der Waals surface area contributed by atoms with Crippen LogP contribution >= 0.6 is 0 Å². The molecule has 4 nitrogen and oxygen atoms in total. The number of ether oxygens (including phenoxy) is 1. The Balaban J connectivity index is 2.47. The van der Waals surface area contributed by atoms with E-state index in [1.165, 1.54) is 0 Å². The summed E-state index contributed by atoms with van der Waals surface area (Å²) in [6.45, 7) is 9.94. The number of esters is 1. The highest BCUT2D eigenvalue weighted by Crippen LogP contribution is 2.41. The molecule has 126 valence electrons. The van der Waals surface area contributed by atoms with Gasteiger partial charge in [-0.3, -0.25) is 9.59 Å². The minimum Gasteiger partial charge on any atom is -0.430 e. The number of carbonyl (C=O) groups excluding carboxylic acids is 2. The number of rotatable bonds is 6. The summed E-state index contributed by atoms with van der Waals surface area (Å²) in [7, 11) is 0. The summed E-state index contributed by atoms with van der Waals surface area (Å²) in [6.07, 6.45) is 5.63. The quantitative estimate of drug-likeness (QED) is 0.469. The molecule has 2 heterocycles. The van der Waals surface area contributed by atoms with Crippen molar-refractivity contribution in [2.45, 2.75) is 66.7 Å². The van der Waals surface area contributed by atoms with Gasteiger partial charge in [0.25, 0.3) is 0 Å². The Labute approximate surface area is 138 Å². The van der Waals surface area contributed by atoms with Crippen molar-refractivity contribution in [2.24, 2.45) is 5.41 Å². The van der Waals surface area contributed by atoms with Gasteiger partial charge >= 0.3 is 5.97 Å².